The molecule has 3 rings (SSSR count). The van der Waals surface area contributed by atoms with E-state index in [2.05, 4.69) is 15.3 Å². The highest BCUT2D eigenvalue weighted by Crippen LogP contribution is 2.31. The van der Waals surface area contributed by atoms with E-state index in [1.807, 2.05) is 31.7 Å². The maximum absolute atomic E-state index is 12.9. The number of aromatic amines is 1. The maximum atomic E-state index is 12.9. The van der Waals surface area contributed by atoms with Crippen LogP contribution in [0, 0.1) is 6.92 Å². The van der Waals surface area contributed by atoms with E-state index in [9.17, 15) is 9.59 Å². The fraction of sp³-hybridized carbons (Fsp3) is 0.318. The lowest BCUT2D eigenvalue weighted by atomic mass is 10.2. The van der Waals surface area contributed by atoms with E-state index in [0.29, 0.717) is 46.3 Å². The number of methoxy groups -OCH3 is 1. The zero-order valence-corrected chi connectivity index (χ0v) is 18.2. The smallest absolute Gasteiger partial charge is 0.258 e. The average molecular weight is 429 g/mol. The Kier molecular flexibility index (Phi) is 6.74. The molecule has 0 aliphatic carbocycles. The number of carbonyl (C=O) groups excluding carboxylic acids is 1. The zero-order chi connectivity index (χ0) is 21.8. The van der Waals surface area contributed by atoms with Crippen molar-refractivity contribution in [3.05, 3.63) is 63.2 Å². The second-order valence-corrected chi connectivity index (χ2v) is 7.47. The molecule has 3 aromatic rings. The molecule has 0 spiro atoms. The first kappa shape index (κ1) is 21.8. The average Bonchev–Trinajstić information content (AvgIpc) is 2.74. The van der Waals surface area contributed by atoms with Gasteiger partial charge in [0.15, 0.2) is 0 Å². The van der Waals surface area contributed by atoms with Gasteiger partial charge in [0, 0.05) is 11.1 Å². The molecule has 0 radical (unpaired) electrons. The van der Waals surface area contributed by atoms with Crippen LogP contribution in [0.1, 0.15) is 25.2 Å². The summed E-state index contributed by atoms with van der Waals surface area (Å²) in [5, 5.41) is 4.03. The van der Waals surface area contributed by atoms with Gasteiger partial charge in [0.2, 0.25) is 5.91 Å². The molecule has 0 saturated heterocycles. The van der Waals surface area contributed by atoms with Crippen molar-refractivity contribution < 1.29 is 9.53 Å². The number of likely N-dealkylation sites (N-methyl/N-ethyl adjacent to an activating group) is 1. The van der Waals surface area contributed by atoms with Gasteiger partial charge in [0.25, 0.3) is 5.56 Å². The number of hydrogen-bond donors (Lipinski definition) is 2. The largest absolute Gasteiger partial charge is 0.495 e. The molecule has 0 saturated carbocycles. The summed E-state index contributed by atoms with van der Waals surface area (Å²) >= 11 is 6.14. The van der Waals surface area contributed by atoms with Crippen LogP contribution in [0.4, 0.5) is 5.69 Å². The molecule has 158 valence electrons. The van der Waals surface area contributed by atoms with Crippen LogP contribution in [-0.4, -0.2) is 40.5 Å². The number of halogens is 1. The predicted molar refractivity (Wildman–Crippen MR) is 119 cm³/mol. The second kappa shape index (κ2) is 9.28. The molecule has 30 heavy (non-hydrogen) atoms. The Morgan fingerprint density at radius 3 is 2.77 bits per heavy atom. The SMILES string of the molecule is CCN(Cc1nc2ccccc2c(=O)[nH]1)C(C)C(=O)Nc1cc(C)c(Cl)cc1OC. The molecule has 7 nitrogen and oxygen atoms in total. The molecule has 1 amide bonds. The molecule has 1 atom stereocenters. The molecule has 2 aromatic carbocycles. The molecule has 0 aliphatic heterocycles. The van der Waals surface area contributed by atoms with Crippen molar-refractivity contribution >= 4 is 34.1 Å². The number of carbonyl (C=O) groups is 1. The molecule has 0 bridgehead atoms. The first-order valence-corrected chi connectivity index (χ1v) is 10.1. The van der Waals surface area contributed by atoms with Gasteiger partial charge in [0.1, 0.15) is 11.6 Å². The minimum atomic E-state index is -0.465. The van der Waals surface area contributed by atoms with Crippen molar-refractivity contribution in [2.24, 2.45) is 0 Å². The van der Waals surface area contributed by atoms with Crippen LogP contribution in [0.15, 0.2) is 41.2 Å². The molecule has 0 fully saturated rings. The fourth-order valence-electron chi connectivity index (χ4n) is 3.26. The number of H-pyrrole nitrogens is 1. The van der Waals surface area contributed by atoms with Crippen molar-refractivity contribution in [2.75, 3.05) is 19.0 Å². The van der Waals surface area contributed by atoms with Gasteiger partial charge in [-0.05, 0) is 44.2 Å². The van der Waals surface area contributed by atoms with E-state index < -0.39 is 6.04 Å². The van der Waals surface area contributed by atoms with Gasteiger partial charge in [-0.25, -0.2) is 4.98 Å². The first-order chi connectivity index (χ1) is 14.3. The van der Waals surface area contributed by atoms with Crippen molar-refractivity contribution in [2.45, 2.75) is 33.4 Å². The highest BCUT2D eigenvalue weighted by atomic mass is 35.5. The number of hydrogen-bond acceptors (Lipinski definition) is 5. The number of benzene rings is 2. The number of aromatic nitrogens is 2. The number of rotatable bonds is 7. The van der Waals surface area contributed by atoms with Crippen LogP contribution in [-0.2, 0) is 11.3 Å². The van der Waals surface area contributed by atoms with E-state index >= 15 is 0 Å². The Balaban J connectivity index is 1.79. The lowest BCUT2D eigenvalue weighted by Gasteiger charge is -2.26. The van der Waals surface area contributed by atoms with Crippen LogP contribution in [0.5, 0.6) is 5.75 Å². The van der Waals surface area contributed by atoms with Gasteiger partial charge < -0.3 is 15.0 Å². The molecule has 2 N–H and O–H groups in total. The van der Waals surface area contributed by atoms with Crippen molar-refractivity contribution in [3.8, 4) is 5.75 Å². The third kappa shape index (κ3) is 4.63. The summed E-state index contributed by atoms with van der Waals surface area (Å²) in [5.74, 6) is 0.815. The standard InChI is InChI=1S/C22H25ClN4O3/c1-5-27(12-20-24-17-9-7-6-8-15(17)22(29)26-20)14(3)21(28)25-18-10-13(2)16(23)11-19(18)30-4/h6-11,14H,5,12H2,1-4H3,(H,25,28)(H,24,26,29). The van der Waals surface area contributed by atoms with E-state index in [1.165, 1.54) is 7.11 Å². The first-order valence-electron chi connectivity index (χ1n) is 9.71. The summed E-state index contributed by atoms with van der Waals surface area (Å²) in [6.45, 7) is 6.56. The summed E-state index contributed by atoms with van der Waals surface area (Å²) in [6.07, 6.45) is 0. The van der Waals surface area contributed by atoms with Crippen LogP contribution >= 0.6 is 11.6 Å². The Morgan fingerprint density at radius 1 is 1.33 bits per heavy atom. The minimum Gasteiger partial charge on any atom is -0.495 e. The number of ether oxygens (including phenoxy) is 1. The van der Waals surface area contributed by atoms with Gasteiger partial charge >= 0.3 is 0 Å². The molecule has 1 heterocycles. The highest BCUT2D eigenvalue weighted by Gasteiger charge is 2.22. The van der Waals surface area contributed by atoms with Crippen molar-refractivity contribution in [1.82, 2.24) is 14.9 Å². The molecular weight excluding hydrogens is 404 g/mol. The zero-order valence-electron chi connectivity index (χ0n) is 17.5. The van der Waals surface area contributed by atoms with E-state index in [-0.39, 0.29) is 11.5 Å². The van der Waals surface area contributed by atoms with Gasteiger partial charge in [-0.2, -0.15) is 0 Å². The van der Waals surface area contributed by atoms with Crippen LogP contribution < -0.4 is 15.6 Å². The molecular formula is C22H25ClN4O3. The lowest BCUT2D eigenvalue weighted by Crippen LogP contribution is -2.42. The molecule has 0 aliphatic rings. The number of nitrogens with one attached hydrogen (secondary N) is 2. The summed E-state index contributed by atoms with van der Waals surface area (Å²) in [7, 11) is 1.53. The summed E-state index contributed by atoms with van der Waals surface area (Å²) in [6, 6.07) is 10.2. The number of fused-ring (bicyclic) bond motifs is 1. The monoisotopic (exact) mass is 428 g/mol. The number of para-hydroxylation sites is 1. The summed E-state index contributed by atoms with van der Waals surface area (Å²) in [5.41, 5.74) is 1.84. The third-order valence-corrected chi connectivity index (χ3v) is 5.49. The minimum absolute atomic E-state index is 0.190. The Morgan fingerprint density at radius 2 is 2.07 bits per heavy atom. The second-order valence-electron chi connectivity index (χ2n) is 7.06. The number of amides is 1. The Bertz CT molecular complexity index is 1130. The normalized spacial score (nSPS) is 12.2. The van der Waals surface area contributed by atoms with Crippen LogP contribution in [0.3, 0.4) is 0 Å². The lowest BCUT2D eigenvalue weighted by molar-refractivity contribution is -0.120. The fourth-order valence-corrected chi connectivity index (χ4v) is 3.41. The van der Waals surface area contributed by atoms with Crippen LogP contribution in [0.25, 0.3) is 10.9 Å². The van der Waals surface area contributed by atoms with Crippen LogP contribution in [0.2, 0.25) is 5.02 Å². The third-order valence-electron chi connectivity index (χ3n) is 5.09. The maximum Gasteiger partial charge on any atom is 0.258 e. The van der Waals surface area contributed by atoms with E-state index in [4.69, 9.17) is 16.3 Å². The highest BCUT2D eigenvalue weighted by molar-refractivity contribution is 6.31. The van der Waals surface area contributed by atoms with E-state index in [1.54, 1.807) is 30.3 Å². The molecule has 1 aromatic heterocycles. The van der Waals surface area contributed by atoms with Gasteiger partial charge in [0.05, 0.1) is 36.3 Å². The summed E-state index contributed by atoms with van der Waals surface area (Å²) < 4.78 is 5.34. The number of nitrogens with zero attached hydrogens (tertiary/aromatic N) is 2. The quantitative estimate of drug-likeness (QED) is 0.598. The van der Waals surface area contributed by atoms with Crippen molar-refractivity contribution in [3.63, 3.8) is 0 Å². The molecule has 8 heteroatoms. The molecule has 1 unspecified atom stereocenters. The number of anilines is 1. The van der Waals surface area contributed by atoms with Gasteiger partial charge in [-0.1, -0.05) is 30.7 Å². The predicted octanol–water partition coefficient (Wildman–Crippen LogP) is 3.74. The van der Waals surface area contributed by atoms with E-state index in [0.717, 1.165) is 5.56 Å². The topological polar surface area (TPSA) is 87.3 Å². The van der Waals surface area contributed by atoms with Gasteiger partial charge in [-0.3, -0.25) is 14.5 Å². The summed E-state index contributed by atoms with van der Waals surface area (Å²) in [4.78, 5) is 34.5. The van der Waals surface area contributed by atoms with Gasteiger partial charge in [-0.15, -0.1) is 0 Å². The Hall–Kier alpha value is -2.90. The number of aryl methyl sites for hydroxylation is 1. The Labute approximate surface area is 180 Å². The van der Waals surface area contributed by atoms with Crippen molar-refractivity contribution in [1.29, 1.82) is 0 Å².